The van der Waals surface area contributed by atoms with E-state index >= 15 is 0 Å². The topological polar surface area (TPSA) is 74.1 Å². The van der Waals surface area contributed by atoms with Gasteiger partial charge in [0.1, 0.15) is 5.56 Å². The summed E-state index contributed by atoms with van der Waals surface area (Å²) in [4.78, 5) is 30.0. The average Bonchev–Trinajstić information content (AvgIpc) is 3.25. The molecule has 7 heteroatoms. The Hall–Kier alpha value is -2.80. The van der Waals surface area contributed by atoms with Crippen molar-refractivity contribution in [3.8, 4) is 16.4 Å². The molecule has 0 aliphatic rings. The molecule has 0 bridgehead atoms. The quantitative estimate of drug-likeness (QED) is 0.487. The van der Waals surface area contributed by atoms with Crippen LogP contribution in [0.2, 0.25) is 0 Å². The summed E-state index contributed by atoms with van der Waals surface area (Å²) < 4.78 is 6.75. The van der Waals surface area contributed by atoms with Gasteiger partial charge in [-0.2, -0.15) is 5.10 Å². The Morgan fingerprint density at radius 3 is 2.85 bits per heavy atom. The minimum atomic E-state index is -0.385. The van der Waals surface area contributed by atoms with Crippen molar-refractivity contribution in [2.45, 2.75) is 27.2 Å². The van der Waals surface area contributed by atoms with Gasteiger partial charge in [0.05, 0.1) is 29.1 Å². The first kappa shape index (κ1) is 18.0. The van der Waals surface area contributed by atoms with E-state index in [4.69, 9.17) is 4.74 Å². The fourth-order valence-corrected chi connectivity index (χ4v) is 3.73. The van der Waals surface area contributed by atoms with E-state index in [1.807, 2.05) is 38.1 Å². The fraction of sp³-hybridized carbons (Fsp3) is 0.263. The lowest BCUT2D eigenvalue weighted by Crippen LogP contribution is -2.10. The molecular formula is C19H19N3O3S. The maximum absolute atomic E-state index is 12.1. The number of aromatic nitrogens is 3. The Balaban J connectivity index is 2.06. The van der Waals surface area contributed by atoms with E-state index in [9.17, 15) is 9.59 Å². The van der Waals surface area contributed by atoms with E-state index < -0.39 is 0 Å². The molecule has 0 spiro atoms. The van der Waals surface area contributed by atoms with E-state index in [0.717, 1.165) is 21.7 Å². The largest absolute Gasteiger partial charge is 0.462 e. The SMILES string of the molecule is CCOC(=O)c1cnn(-c2cccc(-c3sc(C)cc3C=O)n2)c1CC. The Morgan fingerprint density at radius 2 is 2.15 bits per heavy atom. The summed E-state index contributed by atoms with van der Waals surface area (Å²) >= 11 is 1.53. The summed E-state index contributed by atoms with van der Waals surface area (Å²) in [5, 5.41) is 4.33. The third kappa shape index (κ3) is 3.30. The first-order chi connectivity index (χ1) is 12.6. The zero-order chi connectivity index (χ0) is 18.7. The second kappa shape index (κ2) is 7.61. The van der Waals surface area contributed by atoms with Gasteiger partial charge in [0.25, 0.3) is 0 Å². The maximum atomic E-state index is 12.1. The molecule has 26 heavy (non-hydrogen) atoms. The van der Waals surface area contributed by atoms with E-state index in [1.54, 1.807) is 11.6 Å². The number of hydrogen-bond donors (Lipinski definition) is 0. The van der Waals surface area contributed by atoms with E-state index in [-0.39, 0.29) is 5.97 Å². The van der Waals surface area contributed by atoms with Gasteiger partial charge < -0.3 is 4.74 Å². The van der Waals surface area contributed by atoms with Crippen LogP contribution in [0, 0.1) is 6.92 Å². The standard InChI is InChI=1S/C19H19N3O3S/c1-4-16-14(19(24)25-5-2)10-20-22(16)17-8-6-7-15(21-17)18-13(11-23)9-12(3)26-18/h6-11H,4-5H2,1-3H3. The third-order valence-corrected chi connectivity index (χ3v) is 4.98. The van der Waals surface area contributed by atoms with Crippen LogP contribution in [-0.2, 0) is 11.2 Å². The molecule has 3 aromatic rings. The normalized spacial score (nSPS) is 10.7. The van der Waals surface area contributed by atoms with Crippen molar-refractivity contribution in [1.29, 1.82) is 0 Å². The van der Waals surface area contributed by atoms with Gasteiger partial charge in [-0.05, 0) is 38.5 Å². The fourth-order valence-electron chi connectivity index (χ4n) is 2.78. The molecule has 0 N–H and O–H groups in total. The van der Waals surface area contributed by atoms with Gasteiger partial charge in [0.2, 0.25) is 0 Å². The van der Waals surface area contributed by atoms with Crippen molar-refractivity contribution in [1.82, 2.24) is 14.8 Å². The maximum Gasteiger partial charge on any atom is 0.341 e. The van der Waals surface area contributed by atoms with Gasteiger partial charge in [0, 0.05) is 10.4 Å². The van der Waals surface area contributed by atoms with Gasteiger partial charge in [-0.1, -0.05) is 13.0 Å². The first-order valence-electron chi connectivity index (χ1n) is 8.36. The zero-order valence-corrected chi connectivity index (χ0v) is 15.7. The predicted octanol–water partition coefficient (Wildman–Crippen LogP) is 3.86. The van der Waals surface area contributed by atoms with Crippen molar-refractivity contribution >= 4 is 23.6 Å². The molecule has 3 rings (SSSR count). The molecule has 0 amide bonds. The minimum Gasteiger partial charge on any atom is -0.462 e. The number of carbonyl (C=O) groups is 2. The Bertz CT molecular complexity index is 959. The molecule has 3 heterocycles. The summed E-state index contributed by atoms with van der Waals surface area (Å²) in [6.07, 6.45) is 2.96. The summed E-state index contributed by atoms with van der Waals surface area (Å²) in [6, 6.07) is 7.41. The number of aryl methyl sites for hydroxylation is 1. The smallest absolute Gasteiger partial charge is 0.341 e. The minimum absolute atomic E-state index is 0.313. The molecule has 0 aromatic carbocycles. The lowest BCUT2D eigenvalue weighted by Gasteiger charge is -2.08. The summed E-state index contributed by atoms with van der Waals surface area (Å²) in [6.45, 7) is 5.99. The molecular weight excluding hydrogens is 350 g/mol. The van der Waals surface area contributed by atoms with Gasteiger partial charge >= 0.3 is 5.97 Å². The summed E-state index contributed by atoms with van der Waals surface area (Å²) in [5.74, 6) is 0.210. The number of pyridine rings is 1. The van der Waals surface area contributed by atoms with E-state index in [0.29, 0.717) is 35.7 Å². The number of thiophene rings is 1. The predicted molar refractivity (Wildman–Crippen MR) is 100 cm³/mol. The van der Waals surface area contributed by atoms with Crippen LogP contribution in [0.15, 0.2) is 30.5 Å². The van der Waals surface area contributed by atoms with Crippen molar-refractivity contribution in [2.24, 2.45) is 0 Å². The molecule has 134 valence electrons. The number of rotatable bonds is 6. The lowest BCUT2D eigenvalue weighted by atomic mass is 10.2. The highest BCUT2D eigenvalue weighted by Gasteiger charge is 2.19. The Labute approximate surface area is 155 Å². The van der Waals surface area contributed by atoms with Crippen LogP contribution in [0.5, 0.6) is 0 Å². The highest BCUT2D eigenvalue weighted by atomic mass is 32.1. The molecule has 0 unspecified atom stereocenters. The molecule has 0 radical (unpaired) electrons. The van der Waals surface area contributed by atoms with Crippen molar-refractivity contribution in [3.63, 3.8) is 0 Å². The van der Waals surface area contributed by atoms with Crippen LogP contribution in [0.1, 0.15) is 45.1 Å². The molecule has 0 atom stereocenters. The Kier molecular flexibility index (Phi) is 5.27. The number of nitrogens with zero attached hydrogens (tertiary/aromatic N) is 3. The molecule has 0 fully saturated rings. The third-order valence-electron chi connectivity index (χ3n) is 3.89. The van der Waals surface area contributed by atoms with E-state index in [1.165, 1.54) is 17.5 Å². The van der Waals surface area contributed by atoms with Gasteiger partial charge in [0.15, 0.2) is 12.1 Å². The first-order valence-corrected chi connectivity index (χ1v) is 9.18. The molecule has 0 aliphatic heterocycles. The molecule has 6 nitrogen and oxygen atoms in total. The van der Waals surface area contributed by atoms with Crippen LogP contribution < -0.4 is 0 Å². The van der Waals surface area contributed by atoms with Crippen LogP contribution in [0.4, 0.5) is 0 Å². The second-order valence-corrected chi connectivity index (χ2v) is 6.89. The zero-order valence-electron chi connectivity index (χ0n) is 14.9. The van der Waals surface area contributed by atoms with E-state index in [2.05, 4.69) is 10.1 Å². The monoisotopic (exact) mass is 369 g/mol. The number of esters is 1. The molecule has 0 saturated heterocycles. The van der Waals surface area contributed by atoms with Crippen LogP contribution in [0.3, 0.4) is 0 Å². The molecule has 3 aromatic heterocycles. The van der Waals surface area contributed by atoms with Crippen LogP contribution in [0.25, 0.3) is 16.4 Å². The van der Waals surface area contributed by atoms with Gasteiger partial charge in [-0.3, -0.25) is 4.79 Å². The summed E-state index contributed by atoms with van der Waals surface area (Å²) in [5.41, 5.74) is 2.52. The van der Waals surface area contributed by atoms with Crippen molar-refractivity contribution in [2.75, 3.05) is 6.61 Å². The highest BCUT2D eigenvalue weighted by molar-refractivity contribution is 7.15. The molecule has 0 aliphatic carbocycles. The Morgan fingerprint density at radius 1 is 1.35 bits per heavy atom. The number of hydrogen-bond acceptors (Lipinski definition) is 6. The number of ether oxygens (including phenoxy) is 1. The number of carbonyl (C=O) groups excluding carboxylic acids is 2. The van der Waals surface area contributed by atoms with Crippen molar-refractivity contribution in [3.05, 3.63) is 52.2 Å². The van der Waals surface area contributed by atoms with Crippen LogP contribution >= 0.6 is 11.3 Å². The highest BCUT2D eigenvalue weighted by Crippen LogP contribution is 2.31. The van der Waals surface area contributed by atoms with Gasteiger partial charge in [-0.25, -0.2) is 14.5 Å². The summed E-state index contributed by atoms with van der Waals surface area (Å²) in [7, 11) is 0. The van der Waals surface area contributed by atoms with Crippen LogP contribution in [-0.4, -0.2) is 33.6 Å². The second-order valence-electron chi connectivity index (χ2n) is 5.63. The number of aldehydes is 1. The van der Waals surface area contributed by atoms with Crippen molar-refractivity contribution < 1.29 is 14.3 Å². The molecule has 0 saturated carbocycles. The average molecular weight is 369 g/mol. The van der Waals surface area contributed by atoms with Gasteiger partial charge in [-0.15, -0.1) is 11.3 Å². The lowest BCUT2D eigenvalue weighted by molar-refractivity contribution is 0.0525.